The Morgan fingerprint density at radius 1 is 1.12 bits per heavy atom. The van der Waals surface area contributed by atoms with E-state index in [2.05, 4.69) is 22.3 Å². The van der Waals surface area contributed by atoms with Crippen LogP contribution >= 0.6 is 0 Å². The molecule has 4 heteroatoms. The van der Waals surface area contributed by atoms with Gasteiger partial charge in [-0.2, -0.15) is 0 Å². The minimum atomic E-state index is 0.160. The summed E-state index contributed by atoms with van der Waals surface area (Å²) in [6.07, 6.45) is 8.96. The third-order valence-corrected chi connectivity index (χ3v) is 7.51. The van der Waals surface area contributed by atoms with Gasteiger partial charge in [0.1, 0.15) is 5.75 Å². The number of nitrogens with zero attached hydrogens (tertiary/aromatic N) is 1. The van der Waals surface area contributed by atoms with Crippen LogP contribution in [-0.2, 0) is 0 Å². The standard InChI is InChI=1S/C22H30N2O2/c1-26-19-5-2-4-16(13-19)20-6-3-7-24(20)22(25)23-21-17-9-14-8-15(11-17)12-18(21)10-14/h2,4-5,13-15,17-18,20-21H,3,6-12H2,1H3,(H,23,25). The summed E-state index contributed by atoms with van der Waals surface area (Å²) in [5.74, 6) is 4.22. The predicted octanol–water partition coefficient (Wildman–Crippen LogP) is 4.37. The van der Waals surface area contributed by atoms with E-state index in [1.165, 1.54) is 37.7 Å². The Balaban J connectivity index is 1.30. The molecule has 4 aliphatic carbocycles. The van der Waals surface area contributed by atoms with E-state index in [0.717, 1.165) is 48.8 Å². The Bertz CT molecular complexity index is 660. The molecule has 1 heterocycles. The number of amides is 2. The van der Waals surface area contributed by atoms with Gasteiger partial charge in [-0.25, -0.2) is 4.79 Å². The SMILES string of the molecule is COc1cccc(C2CCCN2C(=O)NC2C3CC4CC(C3)CC2C4)c1. The highest BCUT2D eigenvalue weighted by atomic mass is 16.5. The summed E-state index contributed by atoms with van der Waals surface area (Å²) in [5, 5.41) is 3.49. The Hall–Kier alpha value is -1.71. The van der Waals surface area contributed by atoms with E-state index < -0.39 is 0 Å². The molecule has 1 N–H and O–H groups in total. The number of carbonyl (C=O) groups is 1. The normalized spacial score (nSPS) is 37.8. The first-order valence-corrected chi connectivity index (χ1v) is 10.4. The molecular formula is C22H30N2O2. The molecule has 2 amide bonds. The quantitative estimate of drug-likeness (QED) is 0.876. The summed E-state index contributed by atoms with van der Waals surface area (Å²) in [5.41, 5.74) is 1.20. The van der Waals surface area contributed by atoms with Crippen LogP contribution in [0.5, 0.6) is 5.75 Å². The molecule has 1 unspecified atom stereocenters. The summed E-state index contributed by atoms with van der Waals surface area (Å²) in [6, 6.07) is 8.97. The van der Waals surface area contributed by atoms with E-state index in [9.17, 15) is 4.79 Å². The fourth-order valence-electron chi connectivity index (χ4n) is 6.59. The van der Waals surface area contributed by atoms with E-state index in [1.807, 2.05) is 12.1 Å². The monoisotopic (exact) mass is 354 g/mol. The second-order valence-electron chi connectivity index (χ2n) is 9.03. The number of rotatable bonds is 3. The van der Waals surface area contributed by atoms with Crippen LogP contribution in [0.3, 0.4) is 0 Å². The smallest absolute Gasteiger partial charge is 0.318 e. The van der Waals surface area contributed by atoms with E-state index >= 15 is 0 Å². The van der Waals surface area contributed by atoms with E-state index in [0.29, 0.717) is 6.04 Å². The molecule has 4 saturated carbocycles. The van der Waals surface area contributed by atoms with Crippen LogP contribution in [0.2, 0.25) is 0 Å². The number of hydrogen-bond acceptors (Lipinski definition) is 2. The van der Waals surface area contributed by atoms with Crippen molar-refractivity contribution in [2.45, 2.75) is 57.0 Å². The van der Waals surface area contributed by atoms with Crippen molar-refractivity contribution in [1.29, 1.82) is 0 Å². The van der Waals surface area contributed by atoms with Crippen molar-refractivity contribution < 1.29 is 9.53 Å². The zero-order valence-electron chi connectivity index (χ0n) is 15.7. The van der Waals surface area contributed by atoms with E-state index in [-0.39, 0.29) is 12.1 Å². The molecule has 140 valence electrons. The van der Waals surface area contributed by atoms with Crippen LogP contribution < -0.4 is 10.1 Å². The van der Waals surface area contributed by atoms with Crippen molar-refractivity contribution in [2.75, 3.05) is 13.7 Å². The molecule has 1 aliphatic heterocycles. The lowest BCUT2D eigenvalue weighted by Crippen LogP contribution is -2.57. The second kappa shape index (κ2) is 6.47. The number of urea groups is 1. The highest BCUT2D eigenvalue weighted by Gasteiger charge is 2.49. The van der Waals surface area contributed by atoms with Crippen molar-refractivity contribution in [1.82, 2.24) is 10.2 Å². The molecule has 0 radical (unpaired) electrons. The molecule has 26 heavy (non-hydrogen) atoms. The van der Waals surface area contributed by atoms with Crippen LogP contribution in [0, 0.1) is 23.7 Å². The largest absolute Gasteiger partial charge is 0.497 e. The Morgan fingerprint density at radius 2 is 1.85 bits per heavy atom. The van der Waals surface area contributed by atoms with Gasteiger partial charge in [0, 0.05) is 12.6 Å². The average Bonchev–Trinajstić information content (AvgIpc) is 3.14. The van der Waals surface area contributed by atoms with Gasteiger partial charge in [-0.3, -0.25) is 0 Å². The lowest BCUT2D eigenvalue weighted by Gasteiger charge is -2.54. The van der Waals surface area contributed by atoms with Gasteiger partial charge in [0.05, 0.1) is 13.2 Å². The minimum absolute atomic E-state index is 0.160. The van der Waals surface area contributed by atoms with Gasteiger partial charge in [-0.15, -0.1) is 0 Å². The van der Waals surface area contributed by atoms with Crippen LogP contribution in [-0.4, -0.2) is 30.6 Å². The Kier molecular flexibility index (Phi) is 4.10. The Morgan fingerprint density at radius 3 is 2.54 bits per heavy atom. The van der Waals surface area contributed by atoms with Crippen molar-refractivity contribution in [3.05, 3.63) is 29.8 Å². The molecular weight excluding hydrogens is 324 g/mol. The summed E-state index contributed by atoms with van der Waals surface area (Å²) in [7, 11) is 1.70. The zero-order valence-corrected chi connectivity index (χ0v) is 15.7. The number of carbonyl (C=O) groups excluding carboxylic acids is 1. The maximum Gasteiger partial charge on any atom is 0.318 e. The second-order valence-corrected chi connectivity index (χ2v) is 9.03. The van der Waals surface area contributed by atoms with Gasteiger partial charge in [0.2, 0.25) is 0 Å². The predicted molar refractivity (Wildman–Crippen MR) is 101 cm³/mol. The number of hydrogen-bond donors (Lipinski definition) is 1. The molecule has 0 spiro atoms. The molecule has 5 fully saturated rings. The summed E-state index contributed by atoms with van der Waals surface area (Å²) in [6.45, 7) is 0.862. The third-order valence-electron chi connectivity index (χ3n) is 7.51. The fraction of sp³-hybridized carbons (Fsp3) is 0.682. The molecule has 0 aromatic heterocycles. The number of methoxy groups -OCH3 is 1. The molecule has 1 aromatic carbocycles. The van der Waals surface area contributed by atoms with E-state index in [4.69, 9.17) is 4.74 Å². The van der Waals surface area contributed by atoms with Crippen molar-refractivity contribution in [3.63, 3.8) is 0 Å². The summed E-state index contributed by atoms with van der Waals surface area (Å²) in [4.78, 5) is 15.2. The van der Waals surface area contributed by atoms with Crippen LogP contribution in [0.1, 0.15) is 56.6 Å². The lowest BCUT2D eigenvalue weighted by atomic mass is 9.54. The lowest BCUT2D eigenvalue weighted by molar-refractivity contribution is -0.0112. The van der Waals surface area contributed by atoms with Gasteiger partial charge in [-0.1, -0.05) is 12.1 Å². The molecule has 1 saturated heterocycles. The average molecular weight is 354 g/mol. The van der Waals surface area contributed by atoms with Crippen molar-refractivity contribution >= 4 is 6.03 Å². The zero-order chi connectivity index (χ0) is 17.7. The number of benzene rings is 1. The highest BCUT2D eigenvalue weighted by molar-refractivity contribution is 5.75. The first-order chi connectivity index (χ1) is 12.7. The molecule has 1 aromatic rings. The molecule has 4 bridgehead atoms. The third kappa shape index (κ3) is 2.78. The highest BCUT2D eigenvalue weighted by Crippen LogP contribution is 2.53. The topological polar surface area (TPSA) is 41.6 Å². The number of ether oxygens (including phenoxy) is 1. The number of nitrogens with one attached hydrogen (secondary N) is 1. The fourth-order valence-corrected chi connectivity index (χ4v) is 6.59. The van der Waals surface area contributed by atoms with Crippen LogP contribution in [0.25, 0.3) is 0 Å². The van der Waals surface area contributed by atoms with E-state index in [1.54, 1.807) is 7.11 Å². The summed E-state index contributed by atoms with van der Waals surface area (Å²) >= 11 is 0. The summed E-state index contributed by atoms with van der Waals surface area (Å²) < 4.78 is 5.38. The van der Waals surface area contributed by atoms with Gasteiger partial charge < -0.3 is 15.0 Å². The minimum Gasteiger partial charge on any atom is -0.497 e. The first kappa shape index (κ1) is 16.5. The maximum atomic E-state index is 13.2. The molecule has 1 atom stereocenters. The van der Waals surface area contributed by atoms with Crippen LogP contribution in [0.15, 0.2) is 24.3 Å². The molecule has 6 rings (SSSR count). The van der Waals surface area contributed by atoms with Gasteiger partial charge in [0.15, 0.2) is 0 Å². The Labute approximate surface area is 156 Å². The van der Waals surface area contributed by atoms with Crippen molar-refractivity contribution in [2.24, 2.45) is 23.7 Å². The van der Waals surface area contributed by atoms with Crippen molar-refractivity contribution in [3.8, 4) is 5.75 Å². The van der Waals surface area contributed by atoms with Gasteiger partial charge >= 0.3 is 6.03 Å². The van der Waals surface area contributed by atoms with Crippen LogP contribution in [0.4, 0.5) is 4.79 Å². The number of likely N-dealkylation sites (tertiary alicyclic amines) is 1. The molecule has 4 nitrogen and oxygen atoms in total. The van der Waals surface area contributed by atoms with Gasteiger partial charge in [-0.05, 0) is 86.3 Å². The van der Waals surface area contributed by atoms with Gasteiger partial charge in [0.25, 0.3) is 0 Å². The molecule has 5 aliphatic rings. The first-order valence-electron chi connectivity index (χ1n) is 10.4. The maximum absolute atomic E-state index is 13.2.